The average molecular weight is 214 g/mol. The normalized spacial score (nSPS) is 24.1. The molecular weight excluding hydrogens is 192 g/mol. The van der Waals surface area contributed by atoms with Crippen molar-refractivity contribution in [3.63, 3.8) is 0 Å². The van der Waals surface area contributed by atoms with Crippen molar-refractivity contribution in [1.29, 1.82) is 0 Å². The first kappa shape index (κ1) is 12.5. The molecule has 1 amide bonds. The van der Waals surface area contributed by atoms with Gasteiger partial charge in [0.25, 0.3) is 0 Å². The minimum absolute atomic E-state index is 0.148. The molecule has 4 heteroatoms. The highest BCUT2D eigenvalue weighted by Gasteiger charge is 2.30. The van der Waals surface area contributed by atoms with E-state index in [9.17, 15) is 4.79 Å². The molecule has 0 aromatic heterocycles. The van der Waals surface area contributed by atoms with Gasteiger partial charge in [0.2, 0.25) is 5.91 Å². The zero-order chi connectivity index (χ0) is 11.5. The van der Waals surface area contributed by atoms with Gasteiger partial charge in [0.15, 0.2) is 0 Å². The highest BCUT2D eigenvalue weighted by molar-refractivity contribution is 5.80. The first-order valence-corrected chi connectivity index (χ1v) is 5.55. The molecule has 2 unspecified atom stereocenters. The standard InChI is InChI=1S/C11H22N2O2/c1-11(2,3)9(10(12)14)13-7-8-5-4-6-15-8/h8-9,13H,4-7H2,1-3H3,(H2,12,14). The van der Waals surface area contributed by atoms with E-state index in [2.05, 4.69) is 5.32 Å². The summed E-state index contributed by atoms with van der Waals surface area (Å²) < 4.78 is 5.48. The van der Waals surface area contributed by atoms with E-state index in [4.69, 9.17) is 10.5 Å². The Labute approximate surface area is 91.5 Å². The molecule has 3 N–H and O–H groups in total. The maximum Gasteiger partial charge on any atom is 0.235 e. The summed E-state index contributed by atoms with van der Waals surface area (Å²) in [7, 11) is 0. The zero-order valence-electron chi connectivity index (χ0n) is 9.88. The second kappa shape index (κ2) is 4.94. The van der Waals surface area contributed by atoms with Crippen LogP contribution in [0.2, 0.25) is 0 Å². The van der Waals surface area contributed by atoms with Crippen molar-refractivity contribution in [3.05, 3.63) is 0 Å². The third-order valence-electron chi connectivity index (χ3n) is 2.72. The summed E-state index contributed by atoms with van der Waals surface area (Å²) in [5.74, 6) is -0.291. The molecule has 1 aliphatic rings. The topological polar surface area (TPSA) is 64.3 Å². The molecule has 4 nitrogen and oxygen atoms in total. The van der Waals surface area contributed by atoms with Gasteiger partial charge in [-0.05, 0) is 18.3 Å². The van der Waals surface area contributed by atoms with E-state index in [1.165, 1.54) is 0 Å². The first-order valence-electron chi connectivity index (χ1n) is 5.55. The van der Waals surface area contributed by atoms with Crippen LogP contribution in [0.4, 0.5) is 0 Å². The number of carbonyl (C=O) groups excluding carboxylic acids is 1. The molecule has 0 aliphatic carbocycles. The van der Waals surface area contributed by atoms with Gasteiger partial charge in [-0.25, -0.2) is 0 Å². The second-order valence-corrected chi connectivity index (χ2v) is 5.24. The van der Waals surface area contributed by atoms with Gasteiger partial charge in [-0.2, -0.15) is 0 Å². The molecule has 0 bridgehead atoms. The van der Waals surface area contributed by atoms with Crippen LogP contribution in [0.25, 0.3) is 0 Å². The number of nitrogens with one attached hydrogen (secondary N) is 1. The van der Waals surface area contributed by atoms with Crippen molar-refractivity contribution in [3.8, 4) is 0 Å². The lowest BCUT2D eigenvalue weighted by molar-refractivity contribution is -0.122. The fourth-order valence-electron chi connectivity index (χ4n) is 1.89. The summed E-state index contributed by atoms with van der Waals surface area (Å²) in [4.78, 5) is 11.3. The highest BCUT2D eigenvalue weighted by Crippen LogP contribution is 2.19. The molecule has 1 fully saturated rings. The van der Waals surface area contributed by atoms with Gasteiger partial charge in [-0.15, -0.1) is 0 Å². The predicted octanol–water partition coefficient (Wildman–Crippen LogP) is 0.655. The van der Waals surface area contributed by atoms with Crippen LogP contribution in [0.1, 0.15) is 33.6 Å². The van der Waals surface area contributed by atoms with Crippen molar-refractivity contribution >= 4 is 5.91 Å². The lowest BCUT2D eigenvalue weighted by atomic mass is 9.86. The summed E-state index contributed by atoms with van der Waals surface area (Å²) in [6.45, 7) is 7.56. The van der Waals surface area contributed by atoms with E-state index in [1.807, 2.05) is 20.8 Å². The van der Waals surface area contributed by atoms with Crippen molar-refractivity contribution < 1.29 is 9.53 Å². The second-order valence-electron chi connectivity index (χ2n) is 5.24. The van der Waals surface area contributed by atoms with Crippen molar-refractivity contribution in [2.45, 2.75) is 45.8 Å². The SMILES string of the molecule is CC(C)(C)C(NCC1CCCO1)C(N)=O. The molecule has 0 radical (unpaired) electrons. The Hall–Kier alpha value is -0.610. The predicted molar refractivity (Wildman–Crippen MR) is 59.4 cm³/mol. The smallest absolute Gasteiger partial charge is 0.235 e. The number of carbonyl (C=O) groups is 1. The Morgan fingerprint density at radius 3 is 2.67 bits per heavy atom. The maximum atomic E-state index is 11.3. The summed E-state index contributed by atoms with van der Waals surface area (Å²) in [6.07, 6.45) is 2.43. The fourth-order valence-corrected chi connectivity index (χ4v) is 1.89. The van der Waals surface area contributed by atoms with Crippen molar-refractivity contribution in [2.24, 2.45) is 11.1 Å². The number of hydrogen-bond donors (Lipinski definition) is 2. The minimum atomic E-state index is -0.291. The number of primary amides is 1. The number of amides is 1. The summed E-state index contributed by atoms with van der Waals surface area (Å²) in [6, 6.07) is -0.290. The van der Waals surface area contributed by atoms with Crippen LogP contribution in [0.15, 0.2) is 0 Å². The third kappa shape index (κ3) is 3.80. The molecular formula is C11H22N2O2. The lowest BCUT2D eigenvalue weighted by Crippen LogP contribution is -2.51. The quantitative estimate of drug-likeness (QED) is 0.722. The molecule has 1 aliphatic heterocycles. The molecule has 88 valence electrons. The number of rotatable bonds is 4. The molecule has 0 aromatic rings. The Balaban J connectivity index is 2.41. The van der Waals surface area contributed by atoms with Gasteiger partial charge in [0.05, 0.1) is 12.1 Å². The van der Waals surface area contributed by atoms with Crippen LogP contribution in [0, 0.1) is 5.41 Å². The minimum Gasteiger partial charge on any atom is -0.377 e. The molecule has 1 heterocycles. The number of hydrogen-bond acceptors (Lipinski definition) is 3. The third-order valence-corrected chi connectivity index (χ3v) is 2.72. The molecule has 1 rings (SSSR count). The molecule has 1 saturated heterocycles. The maximum absolute atomic E-state index is 11.3. The van der Waals surface area contributed by atoms with Crippen LogP contribution in [0.3, 0.4) is 0 Å². The van der Waals surface area contributed by atoms with E-state index in [0.717, 1.165) is 19.4 Å². The van der Waals surface area contributed by atoms with E-state index >= 15 is 0 Å². The van der Waals surface area contributed by atoms with E-state index < -0.39 is 0 Å². The lowest BCUT2D eigenvalue weighted by Gasteiger charge is -2.29. The molecule has 2 atom stereocenters. The number of ether oxygens (including phenoxy) is 1. The first-order chi connectivity index (χ1) is 6.91. The van der Waals surface area contributed by atoms with Gasteiger partial charge in [0.1, 0.15) is 0 Å². The molecule has 0 saturated carbocycles. The summed E-state index contributed by atoms with van der Waals surface area (Å²) in [5, 5.41) is 3.20. The fraction of sp³-hybridized carbons (Fsp3) is 0.909. The van der Waals surface area contributed by atoms with E-state index in [0.29, 0.717) is 6.54 Å². The summed E-state index contributed by atoms with van der Waals surface area (Å²) >= 11 is 0. The number of nitrogens with two attached hydrogens (primary N) is 1. The Morgan fingerprint density at radius 1 is 1.60 bits per heavy atom. The van der Waals surface area contributed by atoms with Crippen LogP contribution >= 0.6 is 0 Å². The molecule has 0 spiro atoms. The van der Waals surface area contributed by atoms with Crippen LogP contribution < -0.4 is 11.1 Å². The average Bonchev–Trinajstić information content (AvgIpc) is 2.53. The van der Waals surface area contributed by atoms with E-state index in [-0.39, 0.29) is 23.5 Å². The van der Waals surface area contributed by atoms with Crippen molar-refractivity contribution in [1.82, 2.24) is 5.32 Å². The van der Waals surface area contributed by atoms with Gasteiger partial charge in [-0.3, -0.25) is 4.79 Å². The van der Waals surface area contributed by atoms with Crippen LogP contribution in [-0.4, -0.2) is 31.2 Å². The van der Waals surface area contributed by atoms with Gasteiger partial charge in [0, 0.05) is 13.2 Å². The Kier molecular flexibility index (Phi) is 4.11. The largest absolute Gasteiger partial charge is 0.377 e. The zero-order valence-corrected chi connectivity index (χ0v) is 9.88. The molecule has 15 heavy (non-hydrogen) atoms. The van der Waals surface area contributed by atoms with Gasteiger partial charge in [-0.1, -0.05) is 20.8 Å². The van der Waals surface area contributed by atoms with Crippen LogP contribution in [0.5, 0.6) is 0 Å². The van der Waals surface area contributed by atoms with Crippen LogP contribution in [-0.2, 0) is 9.53 Å². The summed E-state index contributed by atoms with van der Waals surface area (Å²) in [5.41, 5.74) is 5.22. The van der Waals surface area contributed by atoms with Gasteiger partial charge >= 0.3 is 0 Å². The van der Waals surface area contributed by atoms with Gasteiger partial charge < -0.3 is 15.8 Å². The van der Waals surface area contributed by atoms with Crippen molar-refractivity contribution in [2.75, 3.05) is 13.2 Å². The Morgan fingerprint density at radius 2 is 2.27 bits per heavy atom. The Bertz CT molecular complexity index is 217. The molecule has 0 aromatic carbocycles. The van der Waals surface area contributed by atoms with E-state index in [1.54, 1.807) is 0 Å². The monoisotopic (exact) mass is 214 g/mol. The highest BCUT2D eigenvalue weighted by atomic mass is 16.5.